The molecule has 4 aromatic carbocycles. The van der Waals surface area contributed by atoms with Gasteiger partial charge in [-0.05, 0) is 41.4 Å². The van der Waals surface area contributed by atoms with E-state index in [0.717, 1.165) is 21.5 Å². The van der Waals surface area contributed by atoms with Crippen LogP contribution in [0.25, 0.3) is 6.08 Å². The summed E-state index contributed by atoms with van der Waals surface area (Å²) in [5, 5.41) is 3.42. The van der Waals surface area contributed by atoms with Gasteiger partial charge in [0, 0.05) is 11.9 Å². The summed E-state index contributed by atoms with van der Waals surface area (Å²) in [5.41, 5.74) is 0.989. The first-order valence-electron chi connectivity index (χ1n) is 13.0. The van der Waals surface area contributed by atoms with E-state index in [0.29, 0.717) is 6.61 Å². The number of benzene rings is 4. The zero-order valence-electron chi connectivity index (χ0n) is 23.1. The van der Waals surface area contributed by atoms with Crippen LogP contribution in [0.15, 0.2) is 127 Å². The minimum atomic E-state index is -2.24. The van der Waals surface area contributed by atoms with E-state index in [1.54, 1.807) is 11.9 Å². The van der Waals surface area contributed by atoms with Crippen molar-refractivity contribution in [1.82, 2.24) is 0 Å². The molecule has 0 aliphatic carbocycles. The average Bonchev–Trinajstić information content (AvgIpc) is 3.02. The van der Waals surface area contributed by atoms with Gasteiger partial charge < -0.3 is 9.47 Å². The van der Waals surface area contributed by atoms with Gasteiger partial charge in [-0.25, -0.2) is 9.59 Å². The van der Waals surface area contributed by atoms with E-state index in [4.69, 9.17) is 4.74 Å². The minimum absolute atomic E-state index is 0.271. The first-order chi connectivity index (χ1) is 19.1. The Labute approximate surface area is 232 Å². The molecule has 5 heteroatoms. The predicted molar refractivity (Wildman–Crippen MR) is 167 cm³/mol. The Morgan fingerprint density at radius 2 is 1.03 bits per heavy atom. The van der Waals surface area contributed by atoms with Gasteiger partial charge in [0.05, 0.1) is 13.7 Å². The molecule has 4 rings (SSSR count). The molecule has 0 aliphatic rings. The molecule has 0 N–H and O–H groups in total. The minimum Gasteiger partial charge on any atom is -0.466 e. The standard InChI is InChI=1S/C22H21O2P.C10H10O2.C2H6/c1-2-24-22(23)18-25(19-12-6-3-7-13-19,20-14-8-4-9-15-20)21-16-10-5-11-17-21;1-12-10(11)8-7-9-5-3-2-4-6-9;1-2/h3-18H,2H2,1H3;2-8H,1H3;1-2H3/b;8-7+;. The van der Waals surface area contributed by atoms with Crippen LogP contribution in [0.5, 0.6) is 0 Å². The van der Waals surface area contributed by atoms with Crippen molar-refractivity contribution >= 4 is 46.6 Å². The summed E-state index contributed by atoms with van der Waals surface area (Å²) >= 11 is 0. The third-order valence-electron chi connectivity index (χ3n) is 5.49. The van der Waals surface area contributed by atoms with Gasteiger partial charge in [-0.1, -0.05) is 135 Å². The van der Waals surface area contributed by atoms with Crippen LogP contribution in [0, 0.1) is 0 Å². The number of hydrogen-bond donors (Lipinski definition) is 0. The topological polar surface area (TPSA) is 52.6 Å². The van der Waals surface area contributed by atoms with Gasteiger partial charge in [0.1, 0.15) is 0 Å². The van der Waals surface area contributed by atoms with E-state index in [9.17, 15) is 9.59 Å². The van der Waals surface area contributed by atoms with E-state index >= 15 is 0 Å². The Balaban J connectivity index is 0.000000320. The number of carbonyl (C=O) groups excluding carboxylic acids is 2. The average molecular weight is 541 g/mol. The number of ether oxygens (including phenoxy) is 2. The SMILES string of the molecule is CC.CCOC(=O)C=P(c1ccccc1)(c1ccccc1)c1ccccc1.COC(=O)/C=C/c1ccccc1. The number of rotatable bonds is 7. The Morgan fingerprint density at radius 3 is 1.38 bits per heavy atom. The molecule has 4 nitrogen and oxygen atoms in total. The highest BCUT2D eigenvalue weighted by Gasteiger charge is 2.26. The van der Waals surface area contributed by atoms with Crippen LogP contribution in [0.3, 0.4) is 0 Å². The molecule has 0 aromatic heterocycles. The van der Waals surface area contributed by atoms with Crippen LogP contribution in [0.1, 0.15) is 26.3 Å². The van der Waals surface area contributed by atoms with E-state index in [1.807, 2.05) is 106 Å². The van der Waals surface area contributed by atoms with Gasteiger partial charge >= 0.3 is 11.9 Å². The Hall–Kier alpha value is -4.14. The van der Waals surface area contributed by atoms with Gasteiger partial charge in [-0.2, -0.15) is 0 Å². The normalized spacial score (nSPS) is 10.3. The Kier molecular flexibility index (Phi) is 13.9. The zero-order chi connectivity index (χ0) is 28.3. The molecule has 4 aromatic rings. The van der Waals surface area contributed by atoms with E-state index in [-0.39, 0.29) is 11.9 Å². The zero-order valence-corrected chi connectivity index (χ0v) is 24.0. The van der Waals surface area contributed by atoms with Crippen molar-refractivity contribution in [2.45, 2.75) is 20.8 Å². The molecule has 0 atom stereocenters. The summed E-state index contributed by atoms with van der Waals surface area (Å²) in [5.74, 6) is 1.20. The van der Waals surface area contributed by atoms with Crippen molar-refractivity contribution in [3.63, 3.8) is 0 Å². The lowest BCUT2D eigenvalue weighted by Crippen LogP contribution is -2.29. The van der Waals surface area contributed by atoms with Gasteiger partial charge in [0.15, 0.2) is 0 Å². The van der Waals surface area contributed by atoms with Crippen LogP contribution in [-0.2, 0) is 19.1 Å². The number of esters is 2. The maximum Gasteiger partial charge on any atom is 0.331 e. The van der Waals surface area contributed by atoms with Crippen molar-refractivity contribution in [1.29, 1.82) is 0 Å². The fraction of sp³-hybridized carbons (Fsp3) is 0.147. The lowest BCUT2D eigenvalue weighted by molar-refractivity contribution is -0.135. The van der Waals surface area contributed by atoms with Crippen molar-refractivity contribution < 1.29 is 19.1 Å². The largest absolute Gasteiger partial charge is 0.466 e. The number of hydrogen-bond acceptors (Lipinski definition) is 4. The third kappa shape index (κ3) is 9.28. The summed E-state index contributed by atoms with van der Waals surface area (Å²) in [4.78, 5) is 23.2. The first-order valence-corrected chi connectivity index (χ1v) is 14.8. The lowest BCUT2D eigenvalue weighted by Gasteiger charge is -2.28. The maximum atomic E-state index is 12.5. The van der Waals surface area contributed by atoms with Gasteiger partial charge in [-0.15, -0.1) is 0 Å². The molecule has 0 radical (unpaired) electrons. The van der Waals surface area contributed by atoms with Gasteiger partial charge in [-0.3, -0.25) is 0 Å². The third-order valence-corrected chi connectivity index (χ3v) is 9.42. The Morgan fingerprint density at radius 1 is 0.641 bits per heavy atom. The Bertz CT molecular complexity index is 1230. The second-order valence-corrected chi connectivity index (χ2v) is 11.1. The highest BCUT2D eigenvalue weighted by molar-refractivity contribution is 7.95. The molecule has 202 valence electrons. The summed E-state index contributed by atoms with van der Waals surface area (Å²) in [6.45, 7) is 3.96. The van der Waals surface area contributed by atoms with Gasteiger partial charge in [0.25, 0.3) is 0 Å². The molecule has 0 aliphatic heterocycles. The molecule has 0 amide bonds. The predicted octanol–water partition coefficient (Wildman–Crippen LogP) is 6.24. The lowest BCUT2D eigenvalue weighted by atomic mass is 10.2. The van der Waals surface area contributed by atoms with Crippen molar-refractivity contribution in [3.8, 4) is 0 Å². The van der Waals surface area contributed by atoms with Crippen LogP contribution < -0.4 is 15.9 Å². The fourth-order valence-corrected chi connectivity index (χ4v) is 7.45. The molecule has 0 bridgehead atoms. The molecule has 0 unspecified atom stereocenters. The number of carbonyl (C=O) groups is 2. The molecule has 0 saturated heterocycles. The van der Waals surface area contributed by atoms with Gasteiger partial charge in [0.2, 0.25) is 0 Å². The molecular weight excluding hydrogens is 503 g/mol. The van der Waals surface area contributed by atoms with E-state index in [1.165, 1.54) is 13.2 Å². The summed E-state index contributed by atoms with van der Waals surface area (Å²) in [6.07, 6.45) is 3.11. The van der Waals surface area contributed by atoms with Crippen LogP contribution in [0.4, 0.5) is 0 Å². The summed E-state index contributed by atoms with van der Waals surface area (Å²) in [7, 11) is 1.36. The molecular formula is C34H37O4P. The smallest absolute Gasteiger partial charge is 0.331 e. The van der Waals surface area contributed by atoms with Crippen LogP contribution in [0.2, 0.25) is 0 Å². The van der Waals surface area contributed by atoms with E-state index < -0.39 is 6.89 Å². The van der Waals surface area contributed by atoms with E-state index in [2.05, 4.69) is 41.1 Å². The molecule has 0 fully saturated rings. The molecule has 0 saturated carbocycles. The number of methoxy groups -OCH3 is 1. The maximum absolute atomic E-state index is 12.5. The monoisotopic (exact) mass is 540 g/mol. The summed E-state index contributed by atoms with van der Waals surface area (Å²) < 4.78 is 9.74. The fourth-order valence-electron chi connectivity index (χ4n) is 3.79. The quantitative estimate of drug-likeness (QED) is 0.158. The molecule has 39 heavy (non-hydrogen) atoms. The highest BCUT2D eigenvalue weighted by Crippen LogP contribution is 2.43. The highest BCUT2D eigenvalue weighted by atomic mass is 31.2. The first kappa shape index (κ1) is 31.1. The van der Waals surface area contributed by atoms with Crippen molar-refractivity contribution in [2.24, 2.45) is 0 Å². The summed E-state index contributed by atoms with van der Waals surface area (Å²) in [6, 6.07) is 40.3. The second kappa shape index (κ2) is 17.4. The van der Waals surface area contributed by atoms with Crippen molar-refractivity contribution in [3.05, 3.63) is 133 Å². The van der Waals surface area contributed by atoms with Crippen LogP contribution in [-0.4, -0.2) is 31.5 Å². The molecule has 0 spiro atoms. The molecule has 0 heterocycles. The second-order valence-electron chi connectivity index (χ2n) is 7.88. The van der Waals surface area contributed by atoms with Crippen LogP contribution >= 0.6 is 6.89 Å². The van der Waals surface area contributed by atoms with Crippen molar-refractivity contribution in [2.75, 3.05) is 13.7 Å².